The van der Waals surface area contributed by atoms with E-state index in [1.165, 1.54) is 0 Å². The van der Waals surface area contributed by atoms with Crippen LogP contribution in [0.4, 0.5) is 0 Å². The summed E-state index contributed by atoms with van der Waals surface area (Å²) in [6.45, 7) is 0. The maximum atomic E-state index is 4.01. The second-order valence-electron chi connectivity index (χ2n) is 1.11. The van der Waals surface area contributed by atoms with Gasteiger partial charge in [0.15, 0.2) is 0 Å². The Morgan fingerprint density at radius 1 is 1.43 bits per heavy atom. The van der Waals surface area contributed by atoms with Gasteiger partial charge in [-0.1, -0.05) is 0 Å². The molecule has 0 aromatic carbocycles. The molecule has 0 fully saturated rings. The van der Waals surface area contributed by atoms with E-state index in [9.17, 15) is 0 Å². The number of nitrogens with zero attached hydrogens (tertiary/aromatic N) is 1. The number of halogens is 1. The van der Waals surface area contributed by atoms with Crippen molar-refractivity contribution in [3.8, 4) is 0 Å². The van der Waals surface area contributed by atoms with E-state index in [1.54, 1.807) is 4.93 Å². The van der Waals surface area contributed by atoms with Gasteiger partial charge in [0.25, 0.3) is 0 Å². The van der Waals surface area contributed by atoms with Crippen LogP contribution in [0.15, 0.2) is 4.90 Å². The molecular formula is CH6BINP3. The van der Waals surface area contributed by atoms with E-state index in [1.807, 2.05) is 0 Å². The quantitative estimate of drug-likeness (QED) is 0.385. The molecule has 0 aliphatic rings. The van der Waals surface area contributed by atoms with E-state index < -0.39 is 0 Å². The fraction of sp³-hybridized carbons (Fsp3) is 1.00. The Morgan fingerprint density at radius 2 is 1.86 bits per heavy atom. The van der Waals surface area contributed by atoms with Gasteiger partial charge in [-0.05, 0) is 0 Å². The van der Waals surface area contributed by atoms with E-state index in [2.05, 4.69) is 55.0 Å². The fourth-order valence-corrected chi connectivity index (χ4v) is 1.70. The second kappa shape index (κ2) is 3.83. The first kappa shape index (κ1) is 8.88. The van der Waals surface area contributed by atoms with Crippen LogP contribution >= 0.6 is 50.1 Å². The summed E-state index contributed by atoms with van der Waals surface area (Å²) >= 11 is 2.08. The van der Waals surface area contributed by atoms with Crippen molar-refractivity contribution < 1.29 is 0 Å². The van der Waals surface area contributed by atoms with Crippen LogP contribution in [-0.2, 0) is 0 Å². The van der Waals surface area contributed by atoms with Crippen LogP contribution in [0.3, 0.4) is 0 Å². The minimum atomic E-state index is -0.138. The van der Waals surface area contributed by atoms with Crippen molar-refractivity contribution in [1.29, 1.82) is 0 Å². The van der Waals surface area contributed by atoms with Crippen LogP contribution in [0.25, 0.3) is 0 Å². The van der Waals surface area contributed by atoms with Gasteiger partial charge in [-0.3, -0.25) is 0 Å². The summed E-state index contributed by atoms with van der Waals surface area (Å²) in [4.78, 5) is 5.75. The van der Waals surface area contributed by atoms with Crippen LogP contribution < -0.4 is 0 Å². The van der Waals surface area contributed by atoms with Crippen molar-refractivity contribution >= 4 is 55.0 Å². The van der Waals surface area contributed by atoms with Crippen LogP contribution in [0, 0.1) is 0 Å². The van der Waals surface area contributed by atoms with Crippen LogP contribution in [0.5, 0.6) is 0 Å². The molecule has 0 bridgehead atoms. The van der Waals surface area contributed by atoms with Gasteiger partial charge in [0.05, 0.1) is 0 Å². The molecule has 0 aliphatic heterocycles. The number of hydrogen-bond acceptors (Lipinski definition) is 1. The van der Waals surface area contributed by atoms with Crippen molar-refractivity contribution in [2.45, 2.75) is 4.76 Å². The van der Waals surface area contributed by atoms with E-state index in [0.29, 0.717) is 0 Å². The number of hydrogen-bond donors (Lipinski definition) is 0. The normalized spacial score (nSPS) is 12.0. The third-order valence-corrected chi connectivity index (χ3v) is 0.998. The van der Waals surface area contributed by atoms with Crippen LogP contribution in [0.2, 0.25) is 0 Å². The van der Waals surface area contributed by atoms with Gasteiger partial charge in [0.2, 0.25) is 0 Å². The molecule has 0 aromatic heterocycles. The molecule has 6 heteroatoms. The van der Waals surface area contributed by atoms with Gasteiger partial charge in [0, 0.05) is 0 Å². The van der Waals surface area contributed by atoms with Crippen molar-refractivity contribution in [3.63, 3.8) is 0 Å². The zero-order valence-corrected chi connectivity index (χ0v) is 9.26. The molecule has 1 nitrogen and oxygen atoms in total. The molecule has 40 valence electrons. The second-order valence-corrected chi connectivity index (χ2v) is 6.45. The first-order chi connectivity index (χ1) is 3.06. The predicted molar refractivity (Wildman–Crippen MR) is 54.1 cm³/mol. The molecular weight excluding hydrogens is 257 g/mol. The third kappa shape index (κ3) is 7.88. The molecule has 3 atom stereocenters. The molecule has 0 aromatic rings. The van der Waals surface area contributed by atoms with Gasteiger partial charge in [-0.2, -0.15) is 0 Å². The monoisotopic (exact) mass is 263 g/mol. The Morgan fingerprint density at radius 3 is 1.86 bits per heavy atom. The molecule has 0 heterocycles. The molecule has 3 unspecified atom stereocenters. The standard InChI is InChI=1S/CH6BINP3/c3-2-4-1(5,6)7/h5-7H2. The fourth-order valence-electron chi connectivity index (χ4n) is 0.0845. The Balaban J connectivity index is 3.56. The third-order valence-electron chi connectivity index (χ3n) is 0.272. The summed E-state index contributed by atoms with van der Waals surface area (Å²) in [5, 5.41) is 0. The average molecular weight is 263 g/mol. The molecule has 0 spiro atoms. The molecule has 0 amide bonds. The molecule has 0 saturated heterocycles. The molecule has 0 saturated carbocycles. The molecule has 7 heavy (non-hydrogen) atoms. The first-order valence-corrected chi connectivity index (χ1v) is 4.54. The van der Waals surface area contributed by atoms with Gasteiger partial charge in [-0.25, -0.2) is 0 Å². The minimum absolute atomic E-state index is 0.138. The number of rotatable bonds is 1. The predicted octanol–water partition coefficient (Wildman–Crippen LogP) is 1.46. The van der Waals surface area contributed by atoms with Crippen molar-refractivity contribution in [2.24, 2.45) is 4.90 Å². The Kier molecular flexibility index (Phi) is 4.86. The zero-order valence-electron chi connectivity index (χ0n) is 3.63. The Labute approximate surface area is 64.6 Å². The summed E-state index contributed by atoms with van der Waals surface area (Å²) in [6.07, 6.45) is 0. The van der Waals surface area contributed by atoms with E-state index >= 15 is 0 Å². The maximum absolute atomic E-state index is 4.01. The Hall–Kier alpha value is 1.88. The molecule has 0 N–H and O–H groups in total. The van der Waals surface area contributed by atoms with Crippen molar-refractivity contribution in [2.75, 3.05) is 0 Å². The summed E-state index contributed by atoms with van der Waals surface area (Å²) in [5.41, 5.74) is 0. The van der Waals surface area contributed by atoms with Gasteiger partial charge in [-0.15, -0.1) is 0 Å². The molecule has 0 aliphatic carbocycles. The van der Waals surface area contributed by atoms with Gasteiger partial charge < -0.3 is 0 Å². The summed E-state index contributed by atoms with van der Waals surface area (Å²) < 4.78 is -0.138. The van der Waals surface area contributed by atoms with E-state index in [0.717, 1.165) is 0 Å². The van der Waals surface area contributed by atoms with Gasteiger partial charge in [0.1, 0.15) is 0 Å². The first-order valence-electron chi connectivity index (χ1n) is 1.57. The topological polar surface area (TPSA) is 12.4 Å². The van der Waals surface area contributed by atoms with Crippen LogP contribution in [-0.4, -0.2) is 9.69 Å². The van der Waals surface area contributed by atoms with Crippen molar-refractivity contribution in [1.82, 2.24) is 0 Å². The van der Waals surface area contributed by atoms with Crippen LogP contribution in [0.1, 0.15) is 0 Å². The Bertz CT molecular complexity index is 77.5. The van der Waals surface area contributed by atoms with Crippen molar-refractivity contribution in [3.05, 3.63) is 0 Å². The molecule has 0 radical (unpaired) electrons. The summed E-state index contributed by atoms with van der Waals surface area (Å²) in [5.74, 6) is 0. The van der Waals surface area contributed by atoms with Gasteiger partial charge >= 0.3 is 64.7 Å². The summed E-state index contributed by atoms with van der Waals surface area (Å²) in [6, 6.07) is 0. The average Bonchev–Trinajstić information content (AvgIpc) is 1.30. The van der Waals surface area contributed by atoms with E-state index in [-0.39, 0.29) is 4.76 Å². The van der Waals surface area contributed by atoms with E-state index in [4.69, 9.17) is 0 Å². The SMILES string of the molecule is PC(P)(P)N=BI. The molecule has 0 rings (SSSR count). The zero-order chi connectivity index (χ0) is 5.91. The summed E-state index contributed by atoms with van der Waals surface area (Å²) in [7, 11) is 7.68.